The van der Waals surface area contributed by atoms with Crippen LogP contribution in [0.5, 0.6) is 0 Å². The molecule has 0 aliphatic carbocycles. The Morgan fingerprint density at radius 1 is 1.10 bits per heavy atom. The number of hydrogen-bond donors (Lipinski definition) is 2. The second-order valence-corrected chi connectivity index (χ2v) is 6.16. The van der Waals surface area contributed by atoms with Crippen LogP contribution in [0.4, 0.5) is 0 Å². The molecule has 4 heteroatoms. The van der Waals surface area contributed by atoms with E-state index in [0.717, 1.165) is 5.56 Å². The summed E-state index contributed by atoms with van der Waals surface area (Å²) in [7, 11) is 0. The molecule has 1 amide bonds. The smallest absolute Gasteiger partial charge is 0.234 e. The Labute approximate surface area is 139 Å². The van der Waals surface area contributed by atoms with Gasteiger partial charge in [-0.1, -0.05) is 42.5 Å². The van der Waals surface area contributed by atoms with Crippen LogP contribution in [0.1, 0.15) is 24.1 Å². The topological polar surface area (TPSA) is 41.1 Å². The molecule has 2 N–H and O–H groups in total. The maximum absolute atomic E-state index is 11.8. The number of nitrogens with one attached hydrogen (secondary N) is 2. The van der Waals surface area contributed by atoms with Crippen molar-refractivity contribution in [3.8, 4) is 0 Å². The molecule has 2 aromatic rings. The average Bonchev–Trinajstić information content (AvgIpc) is 2.52. The fourth-order valence-electron chi connectivity index (χ4n) is 1.97. The number of carbonyl (C=O) groups excluding carboxylic acids is 1. The van der Waals surface area contributed by atoms with Gasteiger partial charge in [0.15, 0.2) is 0 Å². The molecule has 1 atom stereocenters. The van der Waals surface area contributed by atoms with Gasteiger partial charge in [-0.2, -0.15) is 0 Å². The Balaban J connectivity index is 1.74. The summed E-state index contributed by atoms with van der Waals surface area (Å²) >= 11 is 2.28. The first-order chi connectivity index (χ1) is 10.1. The molecule has 0 radical (unpaired) electrons. The highest BCUT2D eigenvalue weighted by atomic mass is 127. The van der Waals surface area contributed by atoms with E-state index in [9.17, 15) is 4.79 Å². The lowest BCUT2D eigenvalue weighted by molar-refractivity contribution is -0.120. The van der Waals surface area contributed by atoms with Gasteiger partial charge in [-0.15, -0.1) is 0 Å². The molecule has 3 nitrogen and oxygen atoms in total. The molecule has 0 fully saturated rings. The zero-order valence-electron chi connectivity index (χ0n) is 12.0. The monoisotopic (exact) mass is 394 g/mol. The summed E-state index contributed by atoms with van der Waals surface area (Å²) in [5.74, 6) is 0.0104. The number of benzene rings is 2. The summed E-state index contributed by atoms with van der Waals surface area (Å²) in [4.78, 5) is 11.8. The van der Waals surface area contributed by atoms with Crippen molar-refractivity contribution in [3.05, 3.63) is 69.3 Å². The number of rotatable bonds is 6. The first-order valence-electron chi connectivity index (χ1n) is 6.94. The van der Waals surface area contributed by atoms with Crippen molar-refractivity contribution < 1.29 is 4.79 Å². The van der Waals surface area contributed by atoms with Gasteiger partial charge in [0.25, 0.3) is 0 Å². The molecule has 0 heterocycles. The first kappa shape index (κ1) is 16.0. The highest BCUT2D eigenvalue weighted by molar-refractivity contribution is 14.1. The Morgan fingerprint density at radius 2 is 1.76 bits per heavy atom. The average molecular weight is 394 g/mol. The SMILES string of the molecule is CC(NCC(=O)NCc1ccccc1)c1ccc(I)cc1. The lowest BCUT2D eigenvalue weighted by Gasteiger charge is -2.14. The van der Waals surface area contributed by atoms with E-state index in [1.54, 1.807) is 0 Å². The van der Waals surface area contributed by atoms with Crippen molar-refractivity contribution in [1.82, 2.24) is 10.6 Å². The van der Waals surface area contributed by atoms with Crippen LogP contribution in [0.3, 0.4) is 0 Å². The van der Waals surface area contributed by atoms with E-state index in [2.05, 4.69) is 64.4 Å². The van der Waals surface area contributed by atoms with E-state index in [4.69, 9.17) is 0 Å². The van der Waals surface area contributed by atoms with Crippen LogP contribution in [0.25, 0.3) is 0 Å². The van der Waals surface area contributed by atoms with Gasteiger partial charge < -0.3 is 10.6 Å². The van der Waals surface area contributed by atoms with E-state index < -0.39 is 0 Å². The third-order valence-corrected chi connectivity index (χ3v) is 3.99. The molecule has 110 valence electrons. The molecule has 2 rings (SSSR count). The predicted molar refractivity (Wildman–Crippen MR) is 93.9 cm³/mol. The third-order valence-electron chi connectivity index (χ3n) is 3.27. The Bertz CT molecular complexity index is 569. The summed E-state index contributed by atoms with van der Waals surface area (Å²) < 4.78 is 1.21. The third kappa shape index (κ3) is 5.47. The van der Waals surface area contributed by atoms with E-state index in [1.807, 2.05) is 30.3 Å². The molecule has 0 spiro atoms. The minimum atomic E-state index is 0.0104. The summed E-state index contributed by atoms with van der Waals surface area (Å²) in [6.07, 6.45) is 0. The van der Waals surface area contributed by atoms with Crippen molar-refractivity contribution in [2.75, 3.05) is 6.54 Å². The van der Waals surface area contributed by atoms with Gasteiger partial charge in [0.1, 0.15) is 0 Å². The van der Waals surface area contributed by atoms with Gasteiger partial charge >= 0.3 is 0 Å². The van der Waals surface area contributed by atoms with Crippen LogP contribution in [0, 0.1) is 3.57 Å². The quantitative estimate of drug-likeness (QED) is 0.739. The highest BCUT2D eigenvalue weighted by Gasteiger charge is 2.07. The summed E-state index contributed by atoms with van der Waals surface area (Å²) in [5, 5.41) is 6.15. The number of amides is 1. The molecule has 2 aromatic carbocycles. The standard InChI is InChI=1S/C17H19IN2O/c1-13(15-7-9-16(18)10-8-15)19-12-17(21)20-11-14-5-3-2-4-6-14/h2-10,13,19H,11-12H2,1H3,(H,20,21). The number of halogens is 1. The van der Waals surface area contributed by atoms with E-state index >= 15 is 0 Å². The lowest BCUT2D eigenvalue weighted by atomic mass is 10.1. The largest absolute Gasteiger partial charge is 0.351 e. The van der Waals surface area contributed by atoms with Crippen molar-refractivity contribution in [2.45, 2.75) is 19.5 Å². The van der Waals surface area contributed by atoms with Crippen LogP contribution >= 0.6 is 22.6 Å². The summed E-state index contributed by atoms with van der Waals surface area (Å²) in [5.41, 5.74) is 2.29. The molecule has 0 saturated carbocycles. The molecular weight excluding hydrogens is 375 g/mol. The number of carbonyl (C=O) groups is 1. The van der Waals surface area contributed by atoms with Crippen LogP contribution in [-0.2, 0) is 11.3 Å². The minimum absolute atomic E-state index is 0.0104. The predicted octanol–water partition coefficient (Wildman–Crippen LogP) is 3.26. The molecular formula is C17H19IN2O. The zero-order valence-corrected chi connectivity index (χ0v) is 14.1. The lowest BCUT2D eigenvalue weighted by Crippen LogP contribution is -2.34. The maximum Gasteiger partial charge on any atom is 0.234 e. The van der Waals surface area contributed by atoms with Gasteiger partial charge in [-0.3, -0.25) is 4.79 Å². The first-order valence-corrected chi connectivity index (χ1v) is 8.02. The van der Waals surface area contributed by atoms with Crippen molar-refractivity contribution in [3.63, 3.8) is 0 Å². The second-order valence-electron chi connectivity index (χ2n) is 4.92. The van der Waals surface area contributed by atoms with Crippen LogP contribution in [0.2, 0.25) is 0 Å². The molecule has 0 bridgehead atoms. The second kappa shape index (κ2) is 8.14. The fourth-order valence-corrected chi connectivity index (χ4v) is 2.33. The molecule has 1 unspecified atom stereocenters. The molecule has 0 aromatic heterocycles. The van der Waals surface area contributed by atoms with Gasteiger partial charge in [-0.25, -0.2) is 0 Å². The Kier molecular flexibility index (Phi) is 6.20. The minimum Gasteiger partial charge on any atom is -0.351 e. The van der Waals surface area contributed by atoms with Gasteiger partial charge in [0, 0.05) is 16.2 Å². The maximum atomic E-state index is 11.8. The Hall–Kier alpha value is -1.40. The van der Waals surface area contributed by atoms with Gasteiger partial charge in [0.05, 0.1) is 6.54 Å². The van der Waals surface area contributed by atoms with Gasteiger partial charge in [-0.05, 0) is 52.8 Å². The highest BCUT2D eigenvalue weighted by Crippen LogP contribution is 2.13. The number of hydrogen-bond acceptors (Lipinski definition) is 2. The van der Waals surface area contributed by atoms with Crippen molar-refractivity contribution in [2.24, 2.45) is 0 Å². The van der Waals surface area contributed by atoms with E-state index in [1.165, 1.54) is 9.13 Å². The molecule has 0 saturated heterocycles. The normalized spacial score (nSPS) is 11.9. The molecule has 0 aliphatic rings. The Morgan fingerprint density at radius 3 is 2.43 bits per heavy atom. The summed E-state index contributed by atoms with van der Waals surface area (Å²) in [6, 6.07) is 18.4. The van der Waals surface area contributed by atoms with Gasteiger partial charge in [0.2, 0.25) is 5.91 Å². The van der Waals surface area contributed by atoms with Crippen LogP contribution < -0.4 is 10.6 Å². The van der Waals surface area contributed by atoms with E-state index in [0.29, 0.717) is 13.1 Å². The van der Waals surface area contributed by atoms with Crippen LogP contribution in [0.15, 0.2) is 54.6 Å². The van der Waals surface area contributed by atoms with Crippen LogP contribution in [-0.4, -0.2) is 12.5 Å². The summed E-state index contributed by atoms with van der Waals surface area (Å²) in [6.45, 7) is 2.95. The zero-order chi connectivity index (χ0) is 15.1. The van der Waals surface area contributed by atoms with Crippen molar-refractivity contribution in [1.29, 1.82) is 0 Å². The molecule has 0 aliphatic heterocycles. The molecule has 21 heavy (non-hydrogen) atoms. The van der Waals surface area contributed by atoms with Crippen molar-refractivity contribution >= 4 is 28.5 Å². The van der Waals surface area contributed by atoms with E-state index in [-0.39, 0.29) is 11.9 Å². The fraction of sp³-hybridized carbons (Fsp3) is 0.235.